The lowest BCUT2D eigenvalue weighted by atomic mass is 9.92. The largest absolute Gasteiger partial charge is 0.573 e. The number of rotatable bonds is 5. The number of nitrogens with one attached hydrogen (secondary N) is 1. The summed E-state index contributed by atoms with van der Waals surface area (Å²) in [5, 5.41) is 12.2. The second kappa shape index (κ2) is 18.1. The van der Waals surface area contributed by atoms with Gasteiger partial charge in [-0.25, -0.2) is 32.1 Å². The van der Waals surface area contributed by atoms with Crippen LogP contribution in [-0.4, -0.2) is 59.7 Å². The molecule has 0 amide bonds. The number of anilines is 1. The minimum atomic E-state index is -4.75. The Kier molecular flexibility index (Phi) is 13.0. The van der Waals surface area contributed by atoms with Crippen LogP contribution in [0.5, 0.6) is 5.75 Å². The Bertz CT molecular complexity index is 2400. The Hall–Kier alpha value is -5.91. The van der Waals surface area contributed by atoms with Gasteiger partial charge in [0, 0.05) is 48.9 Å². The van der Waals surface area contributed by atoms with Gasteiger partial charge in [-0.05, 0) is 74.2 Å². The molecule has 0 atom stereocenters. The van der Waals surface area contributed by atoms with Crippen molar-refractivity contribution in [3.63, 3.8) is 0 Å². The standard InChI is InChI=1S/C20H18F3N5O.C13H7ClF3N3.C7H12N2/c1-24-14-5-7-15(8-6-14)26-18-9-10-19-25-12-17(28(19)27-18)13-3-2-4-16(11-13)29-20(21,22)23;14-11-4-5-12-18-7-10(20(12)19-11)8-2-1-3-9(6-8)13(15,16)17;1-9-7-4-2-6(8)3-5-7/h2-4,9-12,14-15H,5-8H2,(H,26,27);1-7H;6-7H,2-5,8H2. The zero-order valence-electron chi connectivity index (χ0n) is 30.8. The molecule has 2 aromatic carbocycles. The van der Waals surface area contributed by atoms with Crippen LogP contribution < -0.4 is 15.8 Å². The molecule has 302 valence electrons. The molecule has 0 spiro atoms. The van der Waals surface area contributed by atoms with E-state index in [1.54, 1.807) is 41.0 Å². The van der Waals surface area contributed by atoms with Gasteiger partial charge in [0.05, 0.1) is 29.3 Å². The molecular formula is C40H37ClF6N10O. The maximum atomic E-state index is 12.7. The molecule has 4 heterocycles. The molecule has 8 rings (SSSR count). The highest BCUT2D eigenvalue weighted by atomic mass is 35.5. The first kappa shape index (κ1) is 41.7. The van der Waals surface area contributed by atoms with Crippen molar-refractivity contribution >= 4 is 28.7 Å². The smallest absolute Gasteiger partial charge is 0.406 e. The summed E-state index contributed by atoms with van der Waals surface area (Å²) in [6.45, 7) is 13.9. The zero-order chi connectivity index (χ0) is 41.5. The average molecular weight is 823 g/mol. The number of halogens is 7. The van der Waals surface area contributed by atoms with Gasteiger partial charge in [-0.15, -0.1) is 18.3 Å². The first-order valence-corrected chi connectivity index (χ1v) is 18.7. The van der Waals surface area contributed by atoms with Crippen LogP contribution >= 0.6 is 11.6 Å². The van der Waals surface area contributed by atoms with Gasteiger partial charge in [-0.3, -0.25) is 0 Å². The van der Waals surface area contributed by atoms with E-state index < -0.39 is 18.1 Å². The summed E-state index contributed by atoms with van der Waals surface area (Å²) >= 11 is 5.80. The van der Waals surface area contributed by atoms with Crippen LogP contribution in [0.2, 0.25) is 5.15 Å². The molecule has 11 nitrogen and oxygen atoms in total. The van der Waals surface area contributed by atoms with Crippen LogP contribution in [-0.2, 0) is 6.18 Å². The molecule has 18 heteroatoms. The lowest BCUT2D eigenvalue weighted by Crippen LogP contribution is -2.27. The van der Waals surface area contributed by atoms with E-state index in [2.05, 4.69) is 39.9 Å². The monoisotopic (exact) mass is 822 g/mol. The molecule has 0 saturated heterocycles. The Labute approximate surface area is 334 Å². The van der Waals surface area contributed by atoms with Gasteiger partial charge < -0.3 is 25.5 Å². The number of fused-ring (bicyclic) bond motifs is 2. The lowest BCUT2D eigenvalue weighted by Gasteiger charge is -2.24. The molecule has 2 aliphatic carbocycles. The molecule has 2 aliphatic rings. The van der Waals surface area contributed by atoms with E-state index in [0.29, 0.717) is 45.7 Å². The van der Waals surface area contributed by atoms with Gasteiger partial charge in [0.15, 0.2) is 11.3 Å². The normalized spacial score (nSPS) is 19.5. The zero-order valence-corrected chi connectivity index (χ0v) is 31.5. The Morgan fingerprint density at radius 1 is 0.707 bits per heavy atom. The topological polar surface area (TPSA) is 116 Å². The van der Waals surface area contributed by atoms with E-state index in [9.17, 15) is 26.3 Å². The number of ether oxygens (including phenoxy) is 1. The van der Waals surface area contributed by atoms with Gasteiger partial charge in [0.25, 0.3) is 0 Å². The van der Waals surface area contributed by atoms with E-state index in [4.69, 9.17) is 30.5 Å². The maximum Gasteiger partial charge on any atom is 0.573 e. The van der Waals surface area contributed by atoms with Gasteiger partial charge in [0.1, 0.15) is 16.7 Å². The second-order valence-corrected chi connectivity index (χ2v) is 14.2. The maximum absolute atomic E-state index is 12.7. The molecule has 0 bridgehead atoms. The van der Waals surface area contributed by atoms with Crippen LogP contribution in [0, 0.1) is 13.1 Å². The highest BCUT2D eigenvalue weighted by Crippen LogP contribution is 2.33. The Morgan fingerprint density at radius 2 is 1.26 bits per heavy atom. The van der Waals surface area contributed by atoms with E-state index in [1.165, 1.54) is 35.0 Å². The number of benzene rings is 2. The van der Waals surface area contributed by atoms with Gasteiger partial charge in [-0.1, -0.05) is 35.9 Å². The third-order valence-electron chi connectivity index (χ3n) is 9.70. The van der Waals surface area contributed by atoms with Crippen LogP contribution in [0.4, 0.5) is 32.2 Å². The molecule has 2 fully saturated rings. The first-order chi connectivity index (χ1) is 27.7. The predicted octanol–water partition coefficient (Wildman–Crippen LogP) is 10.2. The van der Waals surface area contributed by atoms with Crippen LogP contribution in [0.25, 0.3) is 43.5 Å². The van der Waals surface area contributed by atoms with Gasteiger partial charge in [0.2, 0.25) is 12.1 Å². The summed E-state index contributed by atoms with van der Waals surface area (Å²) in [6.07, 6.45) is 1.57. The van der Waals surface area contributed by atoms with Crippen molar-refractivity contribution in [3.8, 4) is 28.3 Å². The lowest BCUT2D eigenvalue weighted by molar-refractivity contribution is -0.274. The Morgan fingerprint density at radius 3 is 1.84 bits per heavy atom. The van der Waals surface area contributed by atoms with Crippen molar-refractivity contribution in [3.05, 3.63) is 119 Å². The fourth-order valence-electron chi connectivity index (χ4n) is 6.69. The SMILES string of the molecule is FC(F)(F)c1cccc(-c2cnc3ccc(Cl)nn23)c1.[C-]#[N+]C1CCC(N)CC1.[C-]#[N+]C1CCC(Nc2ccc3ncc(-c4cccc(OC(F)(F)F)c4)n3n2)CC1. The van der Waals surface area contributed by atoms with E-state index >= 15 is 0 Å². The highest BCUT2D eigenvalue weighted by Gasteiger charge is 2.32. The Balaban J connectivity index is 0.000000168. The molecule has 0 unspecified atom stereocenters. The van der Waals surface area contributed by atoms with Crippen molar-refractivity contribution in [2.45, 2.75) is 88.1 Å². The quantitative estimate of drug-likeness (QED) is 0.131. The molecule has 4 aromatic heterocycles. The number of nitrogens with two attached hydrogens (primary N) is 1. The second-order valence-electron chi connectivity index (χ2n) is 13.8. The van der Waals surface area contributed by atoms with Crippen molar-refractivity contribution in [2.75, 3.05) is 5.32 Å². The summed E-state index contributed by atoms with van der Waals surface area (Å²) in [6, 6.07) is 18.6. The van der Waals surface area contributed by atoms with E-state index in [-0.39, 0.29) is 29.0 Å². The fourth-order valence-corrected chi connectivity index (χ4v) is 6.83. The van der Waals surface area contributed by atoms with Crippen molar-refractivity contribution in [2.24, 2.45) is 5.73 Å². The summed E-state index contributed by atoms with van der Waals surface area (Å²) < 4.78 is 82.8. The fraction of sp³-hybridized carbons (Fsp3) is 0.350. The third-order valence-corrected chi connectivity index (χ3v) is 9.90. The molecule has 0 radical (unpaired) electrons. The van der Waals surface area contributed by atoms with Crippen LogP contribution in [0.1, 0.15) is 56.9 Å². The van der Waals surface area contributed by atoms with Crippen LogP contribution in [0.3, 0.4) is 0 Å². The first-order valence-electron chi connectivity index (χ1n) is 18.3. The third kappa shape index (κ3) is 10.9. The molecule has 3 N–H and O–H groups in total. The molecular weight excluding hydrogens is 786 g/mol. The summed E-state index contributed by atoms with van der Waals surface area (Å²) in [5.41, 5.74) is 7.94. The predicted molar refractivity (Wildman–Crippen MR) is 207 cm³/mol. The van der Waals surface area contributed by atoms with E-state index in [1.807, 2.05) is 6.07 Å². The minimum absolute atomic E-state index is 0.106. The number of hydrogen-bond donors (Lipinski definition) is 2. The number of hydrogen-bond acceptors (Lipinski definition) is 7. The summed E-state index contributed by atoms with van der Waals surface area (Å²) in [7, 11) is 0. The molecule has 6 aromatic rings. The van der Waals surface area contributed by atoms with E-state index in [0.717, 1.165) is 63.5 Å². The van der Waals surface area contributed by atoms with Crippen LogP contribution in [0.15, 0.2) is 85.2 Å². The van der Waals surface area contributed by atoms with Crippen molar-refractivity contribution in [1.29, 1.82) is 0 Å². The number of imidazole rings is 2. The number of alkyl halides is 6. The molecule has 0 aliphatic heterocycles. The van der Waals surface area contributed by atoms with Gasteiger partial charge >= 0.3 is 12.5 Å². The van der Waals surface area contributed by atoms with Crippen molar-refractivity contribution < 1.29 is 31.1 Å². The molecule has 58 heavy (non-hydrogen) atoms. The molecule has 2 saturated carbocycles. The highest BCUT2D eigenvalue weighted by molar-refractivity contribution is 6.29. The number of aromatic nitrogens is 6. The average Bonchev–Trinajstić information content (AvgIpc) is 3.82. The van der Waals surface area contributed by atoms with Crippen molar-refractivity contribution in [1.82, 2.24) is 29.2 Å². The van der Waals surface area contributed by atoms with Gasteiger partial charge in [-0.2, -0.15) is 18.3 Å². The minimum Gasteiger partial charge on any atom is -0.406 e. The number of nitrogens with zero attached hydrogens (tertiary/aromatic N) is 8. The summed E-state index contributed by atoms with van der Waals surface area (Å²) in [5.74, 6) is 0.363. The summed E-state index contributed by atoms with van der Waals surface area (Å²) in [4.78, 5) is 15.5.